The van der Waals surface area contributed by atoms with Gasteiger partial charge in [0.05, 0.1) is 12.5 Å². The predicted octanol–water partition coefficient (Wildman–Crippen LogP) is -0.397. The van der Waals surface area contributed by atoms with E-state index in [0.717, 1.165) is 4.90 Å². The van der Waals surface area contributed by atoms with Crippen LogP contribution in [0.15, 0.2) is 0 Å². The van der Waals surface area contributed by atoms with Crippen LogP contribution in [0.1, 0.15) is 20.8 Å². The number of carboxylic acid groups (broad SMARTS) is 1. The van der Waals surface area contributed by atoms with Crippen molar-refractivity contribution in [3.63, 3.8) is 0 Å². The molecule has 0 bridgehead atoms. The van der Waals surface area contributed by atoms with E-state index in [1.165, 1.54) is 7.05 Å². The number of amides is 1. The normalized spacial score (nSPS) is 10.8. The molecule has 0 aliphatic carbocycles. The summed E-state index contributed by atoms with van der Waals surface area (Å²) in [5, 5.41) is 10.1. The molecule has 0 aromatic carbocycles. The summed E-state index contributed by atoms with van der Waals surface area (Å²) in [5.41, 5.74) is -0.614. The fourth-order valence-electron chi connectivity index (χ4n) is 0.598. The Kier molecular flexibility index (Phi) is 3.71. The van der Waals surface area contributed by atoms with Gasteiger partial charge in [-0.25, -0.2) is 4.79 Å². The van der Waals surface area contributed by atoms with E-state index in [9.17, 15) is 14.7 Å². The van der Waals surface area contributed by atoms with E-state index in [-0.39, 0.29) is 0 Å². The van der Waals surface area contributed by atoms with Gasteiger partial charge < -0.3 is 19.5 Å². The van der Waals surface area contributed by atoms with Gasteiger partial charge in [-0.1, -0.05) is 0 Å². The van der Waals surface area contributed by atoms with Crippen LogP contribution in [0.4, 0.5) is 4.79 Å². The van der Waals surface area contributed by atoms with Crippen molar-refractivity contribution >= 4 is 12.1 Å². The first kappa shape index (κ1) is 11.7. The fourth-order valence-corrected chi connectivity index (χ4v) is 0.598. The predicted molar refractivity (Wildman–Crippen MR) is 43.9 cm³/mol. The van der Waals surface area contributed by atoms with Gasteiger partial charge in [0.2, 0.25) is 0 Å². The number of nitrogens with zero attached hydrogens (tertiary/aromatic N) is 1. The maximum Gasteiger partial charge on any atom is 0.410 e. The van der Waals surface area contributed by atoms with Crippen molar-refractivity contribution in [1.29, 1.82) is 0 Å². The Morgan fingerprint density at radius 2 is 1.85 bits per heavy atom. The van der Waals surface area contributed by atoms with Crippen molar-refractivity contribution in [2.75, 3.05) is 13.6 Å². The zero-order valence-electron chi connectivity index (χ0n) is 8.29. The summed E-state index contributed by atoms with van der Waals surface area (Å²) in [6.07, 6.45) is -0.670. The van der Waals surface area contributed by atoms with E-state index in [0.29, 0.717) is 0 Å². The van der Waals surface area contributed by atoms with E-state index in [2.05, 4.69) is 0 Å². The van der Waals surface area contributed by atoms with Crippen LogP contribution in [0, 0.1) is 0 Å². The smallest absolute Gasteiger partial charge is 0.410 e. The summed E-state index contributed by atoms with van der Waals surface area (Å²) in [6, 6.07) is 0. The lowest BCUT2D eigenvalue weighted by atomic mass is 10.2. The molecule has 0 atom stereocenters. The SMILES string of the molecule is CN(CC(=O)[O-])C(=O)OC(C)(C)C. The highest BCUT2D eigenvalue weighted by Gasteiger charge is 2.19. The molecule has 0 unspecified atom stereocenters. The van der Waals surface area contributed by atoms with Gasteiger partial charge in [0.1, 0.15) is 5.60 Å². The van der Waals surface area contributed by atoms with Gasteiger partial charge in [-0.05, 0) is 20.8 Å². The minimum absolute atomic E-state index is 0.463. The topological polar surface area (TPSA) is 69.7 Å². The summed E-state index contributed by atoms with van der Waals surface area (Å²) >= 11 is 0. The molecule has 0 radical (unpaired) electrons. The lowest BCUT2D eigenvalue weighted by Gasteiger charge is -2.24. The van der Waals surface area contributed by atoms with Crippen LogP contribution in [-0.2, 0) is 9.53 Å². The molecule has 0 aliphatic heterocycles. The first-order valence-electron chi connectivity index (χ1n) is 3.86. The Labute approximate surface area is 77.3 Å². The van der Waals surface area contributed by atoms with Gasteiger partial charge in [0.15, 0.2) is 0 Å². The van der Waals surface area contributed by atoms with Crippen molar-refractivity contribution < 1.29 is 19.4 Å². The van der Waals surface area contributed by atoms with Crippen LogP contribution in [-0.4, -0.2) is 36.2 Å². The lowest BCUT2D eigenvalue weighted by Crippen LogP contribution is -2.41. The third-order valence-corrected chi connectivity index (χ3v) is 1.07. The number of rotatable bonds is 2. The largest absolute Gasteiger partial charge is 0.548 e. The van der Waals surface area contributed by atoms with Crippen molar-refractivity contribution in [2.45, 2.75) is 26.4 Å². The van der Waals surface area contributed by atoms with Crippen LogP contribution in [0.25, 0.3) is 0 Å². The monoisotopic (exact) mass is 188 g/mol. The first-order valence-corrected chi connectivity index (χ1v) is 3.86. The summed E-state index contributed by atoms with van der Waals surface area (Å²) in [7, 11) is 1.34. The second-order valence-electron chi connectivity index (χ2n) is 3.71. The average molecular weight is 188 g/mol. The minimum atomic E-state index is -1.31. The third-order valence-electron chi connectivity index (χ3n) is 1.07. The molecule has 0 spiro atoms. The Morgan fingerprint density at radius 3 is 2.15 bits per heavy atom. The Hall–Kier alpha value is -1.26. The van der Waals surface area contributed by atoms with Crippen LogP contribution in [0.3, 0.4) is 0 Å². The van der Waals surface area contributed by atoms with E-state index in [1.807, 2.05) is 0 Å². The second-order valence-corrected chi connectivity index (χ2v) is 3.71. The fraction of sp³-hybridized carbons (Fsp3) is 0.750. The lowest BCUT2D eigenvalue weighted by molar-refractivity contribution is -0.305. The number of aliphatic carboxylic acids is 1. The zero-order valence-corrected chi connectivity index (χ0v) is 8.29. The number of hydrogen-bond donors (Lipinski definition) is 0. The zero-order chi connectivity index (χ0) is 10.6. The van der Waals surface area contributed by atoms with E-state index in [4.69, 9.17) is 4.74 Å². The molecule has 0 fully saturated rings. The number of ether oxygens (including phenoxy) is 1. The van der Waals surface area contributed by atoms with Gasteiger partial charge in [-0.3, -0.25) is 0 Å². The average Bonchev–Trinajstić information content (AvgIpc) is 1.81. The standard InChI is InChI=1S/C8H15NO4/c1-8(2,3)13-7(12)9(4)5-6(10)11/h5H2,1-4H3,(H,10,11)/p-1. The van der Waals surface area contributed by atoms with Gasteiger partial charge >= 0.3 is 6.09 Å². The highest BCUT2D eigenvalue weighted by atomic mass is 16.6. The molecule has 5 heteroatoms. The van der Waals surface area contributed by atoms with Gasteiger partial charge in [0, 0.05) is 7.05 Å². The highest BCUT2D eigenvalue weighted by Crippen LogP contribution is 2.08. The van der Waals surface area contributed by atoms with Crippen molar-refractivity contribution in [3.05, 3.63) is 0 Å². The molecule has 0 rings (SSSR count). The molecule has 0 saturated heterocycles. The number of likely N-dealkylation sites (N-methyl/N-ethyl adjacent to an activating group) is 1. The molecule has 13 heavy (non-hydrogen) atoms. The Balaban J connectivity index is 4.05. The molecule has 76 valence electrons. The molecule has 0 saturated carbocycles. The molecule has 0 heterocycles. The number of carbonyl (C=O) groups excluding carboxylic acids is 2. The quantitative estimate of drug-likeness (QED) is 0.591. The van der Waals surface area contributed by atoms with E-state index < -0.39 is 24.2 Å². The van der Waals surface area contributed by atoms with E-state index in [1.54, 1.807) is 20.8 Å². The molecular weight excluding hydrogens is 174 g/mol. The molecule has 0 N–H and O–H groups in total. The second kappa shape index (κ2) is 4.11. The summed E-state index contributed by atoms with van der Waals surface area (Å²) in [5.74, 6) is -1.31. The molecule has 5 nitrogen and oxygen atoms in total. The molecule has 0 aromatic heterocycles. The maximum atomic E-state index is 11.1. The highest BCUT2D eigenvalue weighted by molar-refractivity contribution is 5.75. The number of hydrogen-bond acceptors (Lipinski definition) is 4. The van der Waals surface area contributed by atoms with Gasteiger partial charge in [0.25, 0.3) is 0 Å². The summed E-state index contributed by atoms with van der Waals surface area (Å²) in [4.78, 5) is 22.2. The van der Waals surface area contributed by atoms with Crippen LogP contribution in [0.2, 0.25) is 0 Å². The number of carbonyl (C=O) groups is 2. The van der Waals surface area contributed by atoms with Crippen LogP contribution >= 0.6 is 0 Å². The van der Waals surface area contributed by atoms with Crippen molar-refractivity contribution in [3.8, 4) is 0 Å². The summed E-state index contributed by atoms with van der Waals surface area (Å²) in [6.45, 7) is 4.65. The summed E-state index contributed by atoms with van der Waals surface area (Å²) < 4.78 is 4.90. The van der Waals surface area contributed by atoms with Crippen LogP contribution in [0.5, 0.6) is 0 Å². The minimum Gasteiger partial charge on any atom is -0.548 e. The van der Waals surface area contributed by atoms with Crippen molar-refractivity contribution in [1.82, 2.24) is 4.90 Å². The number of carboxylic acids is 1. The Morgan fingerprint density at radius 1 is 1.38 bits per heavy atom. The molecular formula is C8H14NO4-. The molecule has 0 aromatic rings. The van der Waals surface area contributed by atoms with Gasteiger partial charge in [-0.2, -0.15) is 0 Å². The van der Waals surface area contributed by atoms with Gasteiger partial charge in [-0.15, -0.1) is 0 Å². The first-order chi connectivity index (χ1) is 5.72. The van der Waals surface area contributed by atoms with Crippen LogP contribution < -0.4 is 5.11 Å². The Bertz CT molecular complexity index is 207. The maximum absolute atomic E-state index is 11.1. The molecule has 1 amide bonds. The third kappa shape index (κ3) is 5.95. The van der Waals surface area contributed by atoms with E-state index >= 15 is 0 Å². The van der Waals surface area contributed by atoms with Crippen molar-refractivity contribution in [2.24, 2.45) is 0 Å². The molecule has 0 aliphatic rings.